The van der Waals surface area contributed by atoms with Crippen molar-refractivity contribution in [1.82, 2.24) is 5.32 Å². The number of carbonyl (C=O) groups excluding carboxylic acids is 3. The first kappa shape index (κ1) is 20.0. The van der Waals surface area contributed by atoms with E-state index in [0.29, 0.717) is 23.5 Å². The molecule has 7 nitrogen and oxygen atoms in total. The minimum Gasteiger partial charge on any atom is -0.376 e. The Morgan fingerprint density at radius 1 is 1.00 bits per heavy atom. The van der Waals surface area contributed by atoms with Crippen molar-refractivity contribution < 1.29 is 14.4 Å². The Labute approximate surface area is 158 Å². The number of hydrogen-bond donors (Lipinski definition) is 3. The van der Waals surface area contributed by atoms with Crippen LogP contribution in [0.3, 0.4) is 0 Å². The van der Waals surface area contributed by atoms with Gasteiger partial charge < -0.3 is 20.9 Å². The van der Waals surface area contributed by atoms with Crippen LogP contribution in [0.5, 0.6) is 0 Å². The molecular weight excluding hydrogens is 344 g/mol. The molecule has 0 saturated carbocycles. The highest BCUT2D eigenvalue weighted by molar-refractivity contribution is 5.96. The molecule has 0 spiro atoms. The second kappa shape index (κ2) is 9.38. The number of anilines is 3. The van der Waals surface area contributed by atoms with Crippen molar-refractivity contribution in [2.45, 2.75) is 13.8 Å². The van der Waals surface area contributed by atoms with Crippen LogP contribution in [0.15, 0.2) is 48.5 Å². The number of carbonyl (C=O) groups is 3. The molecule has 3 amide bonds. The van der Waals surface area contributed by atoms with Crippen LogP contribution in [-0.4, -0.2) is 37.9 Å². The molecule has 0 aliphatic heterocycles. The van der Waals surface area contributed by atoms with Crippen LogP contribution in [-0.2, 0) is 9.59 Å². The van der Waals surface area contributed by atoms with E-state index in [1.807, 2.05) is 6.92 Å². The van der Waals surface area contributed by atoms with Crippen LogP contribution in [0.2, 0.25) is 0 Å². The quantitative estimate of drug-likeness (QED) is 0.700. The van der Waals surface area contributed by atoms with E-state index in [9.17, 15) is 14.4 Å². The lowest BCUT2D eigenvalue weighted by molar-refractivity contribution is -0.116. The van der Waals surface area contributed by atoms with E-state index < -0.39 is 0 Å². The fraction of sp³-hybridized carbons (Fsp3) is 0.250. The molecule has 0 unspecified atom stereocenters. The summed E-state index contributed by atoms with van der Waals surface area (Å²) in [6.45, 7) is 3.96. The standard InChI is InChI=1S/C20H24N4O3/c1-4-21-20(27)15-6-5-7-17(12-15)22-13-19(26)23-16-8-10-18(11-9-16)24(3)14(2)25/h5-12,22H,4,13H2,1-3H3,(H,21,27)(H,23,26). The maximum Gasteiger partial charge on any atom is 0.251 e. The highest BCUT2D eigenvalue weighted by Gasteiger charge is 2.08. The Kier molecular flexibility index (Phi) is 6.93. The van der Waals surface area contributed by atoms with Gasteiger partial charge in [0.1, 0.15) is 0 Å². The molecule has 0 fully saturated rings. The van der Waals surface area contributed by atoms with Gasteiger partial charge in [0.15, 0.2) is 0 Å². The fourth-order valence-electron chi connectivity index (χ4n) is 2.37. The summed E-state index contributed by atoms with van der Waals surface area (Å²) < 4.78 is 0. The van der Waals surface area contributed by atoms with Gasteiger partial charge in [0.05, 0.1) is 6.54 Å². The third kappa shape index (κ3) is 5.85. The van der Waals surface area contributed by atoms with Crippen LogP contribution in [0.25, 0.3) is 0 Å². The minimum absolute atomic E-state index is 0.0634. The first-order valence-corrected chi connectivity index (χ1v) is 8.67. The highest BCUT2D eigenvalue weighted by atomic mass is 16.2. The molecule has 0 aliphatic carbocycles. The average Bonchev–Trinajstić information content (AvgIpc) is 2.67. The van der Waals surface area contributed by atoms with Crippen LogP contribution in [0, 0.1) is 0 Å². The van der Waals surface area contributed by atoms with Crippen molar-refractivity contribution in [3.63, 3.8) is 0 Å². The first-order valence-electron chi connectivity index (χ1n) is 8.67. The number of benzene rings is 2. The van der Waals surface area contributed by atoms with Crippen LogP contribution in [0.4, 0.5) is 17.1 Å². The van der Waals surface area contributed by atoms with Crippen molar-refractivity contribution in [3.05, 3.63) is 54.1 Å². The Bertz CT molecular complexity index is 818. The van der Waals surface area contributed by atoms with E-state index in [0.717, 1.165) is 5.69 Å². The summed E-state index contributed by atoms with van der Waals surface area (Å²) in [5.74, 6) is -0.432. The lowest BCUT2D eigenvalue weighted by Gasteiger charge is -2.15. The first-order chi connectivity index (χ1) is 12.9. The van der Waals surface area contributed by atoms with Gasteiger partial charge in [0.2, 0.25) is 11.8 Å². The minimum atomic E-state index is -0.217. The zero-order chi connectivity index (χ0) is 19.8. The highest BCUT2D eigenvalue weighted by Crippen LogP contribution is 2.17. The lowest BCUT2D eigenvalue weighted by Crippen LogP contribution is -2.24. The number of nitrogens with zero attached hydrogens (tertiary/aromatic N) is 1. The van der Waals surface area contributed by atoms with E-state index in [4.69, 9.17) is 0 Å². The number of nitrogens with one attached hydrogen (secondary N) is 3. The number of amides is 3. The van der Waals surface area contributed by atoms with Gasteiger partial charge in [-0.3, -0.25) is 14.4 Å². The Balaban J connectivity index is 1.90. The topological polar surface area (TPSA) is 90.5 Å². The van der Waals surface area contributed by atoms with Crippen LogP contribution >= 0.6 is 0 Å². The molecule has 0 aromatic heterocycles. The normalized spacial score (nSPS) is 10.0. The molecule has 0 heterocycles. The van der Waals surface area contributed by atoms with E-state index in [1.54, 1.807) is 55.6 Å². The molecule has 3 N–H and O–H groups in total. The summed E-state index contributed by atoms with van der Waals surface area (Å²) in [6.07, 6.45) is 0. The molecule has 142 valence electrons. The molecular formula is C20H24N4O3. The van der Waals surface area contributed by atoms with Gasteiger partial charge in [-0.2, -0.15) is 0 Å². The largest absolute Gasteiger partial charge is 0.376 e. The molecule has 2 rings (SSSR count). The van der Waals surface area contributed by atoms with Gasteiger partial charge in [0.25, 0.3) is 5.91 Å². The summed E-state index contributed by atoms with van der Waals surface area (Å²) in [6, 6.07) is 14.0. The monoisotopic (exact) mass is 368 g/mol. The summed E-state index contributed by atoms with van der Waals surface area (Å²) >= 11 is 0. The molecule has 2 aromatic rings. The maximum atomic E-state index is 12.1. The molecule has 0 bridgehead atoms. The van der Waals surface area contributed by atoms with Gasteiger partial charge >= 0.3 is 0 Å². The third-order valence-electron chi connectivity index (χ3n) is 3.93. The van der Waals surface area contributed by atoms with Crippen LogP contribution in [0.1, 0.15) is 24.2 Å². The third-order valence-corrected chi connectivity index (χ3v) is 3.93. The van der Waals surface area contributed by atoms with Crippen molar-refractivity contribution >= 4 is 34.8 Å². The van der Waals surface area contributed by atoms with Gasteiger partial charge in [-0.25, -0.2) is 0 Å². The molecule has 0 aliphatic rings. The zero-order valence-electron chi connectivity index (χ0n) is 15.7. The molecule has 7 heteroatoms. The smallest absolute Gasteiger partial charge is 0.251 e. The molecule has 0 atom stereocenters. The van der Waals surface area contributed by atoms with Crippen molar-refractivity contribution in [2.75, 3.05) is 35.7 Å². The molecule has 0 saturated heterocycles. The van der Waals surface area contributed by atoms with Crippen molar-refractivity contribution in [3.8, 4) is 0 Å². The fourth-order valence-corrected chi connectivity index (χ4v) is 2.37. The van der Waals surface area contributed by atoms with E-state index in [1.165, 1.54) is 11.8 Å². The van der Waals surface area contributed by atoms with E-state index >= 15 is 0 Å². The lowest BCUT2D eigenvalue weighted by atomic mass is 10.2. The van der Waals surface area contributed by atoms with E-state index in [2.05, 4.69) is 16.0 Å². The predicted molar refractivity (Wildman–Crippen MR) is 107 cm³/mol. The summed E-state index contributed by atoms with van der Waals surface area (Å²) in [5, 5.41) is 8.52. The Morgan fingerprint density at radius 3 is 2.33 bits per heavy atom. The predicted octanol–water partition coefficient (Wildman–Crippen LogP) is 2.47. The second-order valence-corrected chi connectivity index (χ2v) is 5.97. The van der Waals surface area contributed by atoms with Gasteiger partial charge in [0, 0.05) is 43.1 Å². The van der Waals surface area contributed by atoms with Crippen molar-refractivity contribution in [2.24, 2.45) is 0 Å². The summed E-state index contributed by atoms with van der Waals surface area (Å²) in [7, 11) is 1.69. The van der Waals surface area contributed by atoms with Gasteiger partial charge in [-0.15, -0.1) is 0 Å². The molecule has 2 aromatic carbocycles. The summed E-state index contributed by atoms with van der Waals surface area (Å²) in [4.78, 5) is 36.8. The number of rotatable bonds is 7. The zero-order valence-corrected chi connectivity index (χ0v) is 15.7. The second-order valence-electron chi connectivity index (χ2n) is 5.97. The maximum absolute atomic E-state index is 12.1. The Morgan fingerprint density at radius 2 is 1.70 bits per heavy atom. The van der Waals surface area contributed by atoms with Crippen molar-refractivity contribution in [1.29, 1.82) is 0 Å². The molecule has 0 radical (unpaired) electrons. The summed E-state index contributed by atoms with van der Waals surface area (Å²) in [5.41, 5.74) is 2.61. The Hall–Kier alpha value is -3.35. The van der Waals surface area contributed by atoms with Crippen LogP contribution < -0.4 is 20.9 Å². The van der Waals surface area contributed by atoms with E-state index in [-0.39, 0.29) is 24.3 Å². The SMILES string of the molecule is CCNC(=O)c1cccc(NCC(=O)Nc2ccc(N(C)C(C)=O)cc2)c1. The van der Waals surface area contributed by atoms with Gasteiger partial charge in [-0.1, -0.05) is 6.07 Å². The number of hydrogen-bond acceptors (Lipinski definition) is 4. The molecule has 27 heavy (non-hydrogen) atoms. The van der Waals surface area contributed by atoms with Gasteiger partial charge in [-0.05, 0) is 49.4 Å². The average molecular weight is 368 g/mol.